The van der Waals surface area contributed by atoms with Gasteiger partial charge in [-0.1, -0.05) is 73.9 Å². The first-order valence-corrected chi connectivity index (χ1v) is 8.89. The molecule has 2 aliphatic carbocycles. The number of benzene rings is 1. The Bertz CT molecular complexity index is 909. The Morgan fingerprint density at radius 3 is 2.24 bits per heavy atom. The lowest BCUT2D eigenvalue weighted by Gasteiger charge is -2.32. The molecule has 0 radical (unpaired) electrons. The molecule has 1 atom stereocenters. The summed E-state index contributed by atoms with van der Waals surface area (Å²) >= 11 is 0. The number of fused-ring (bicyclic) bond motifs is 2. The highest BCUT2D eigenvalue weighted by Crippen LogP contribution is 2.63. The molecule has 1 spiro atoms. The summed E-state index contributed by atoms with van der Waals surface area (Å²) in [6.07, 6.45) is 12.8. The van der Waals surface area contributed by atoms with Crippen molar-refractivity contribution in [2.24, 2.45) is 0 Å². The first-order chi connectivity index (χ1) is 12.1. The maximum atomic E-state index is 4.42. The molecule has 0 amide bonds. The van der Waals surface area contributed by atoms with Crippen molar-refractivity contribution in [2.75, 3.05) is 0 Å². The Morgan fingerprint density at radius 2 is 1.64 bits per heavy atom. The third kappa shape index (κ3) is 2.07. The normalized spacial score (nSPS) is 27.5. The van der Waals surface area contributed by atoms with Crippen LogP contribution < -0.4 is 0 Å². The molecule has 0 heteroatoms. The summed E-state index contributed by atoms with van der Waals surface area (Å²) < 4.78 is 0. The van der Waals surface area contributed by atoms with Gasteiger partial charge in [0.2, 0.25) is 0 Å². The van der Waals surface area contributed by atoms with Crippen LogP contribution in [0.5, 0.6) is 0 Å². The molecule has 0 aromatic heterocycles. The third-order valence-electron chi connectivity index (χ3n) is 5.57. The van der Waals surface area contributed by atoms with Gasteiger partial charge in [0.25, 0.3) is 0 Å². The molecule has 0 saturated heterocycles. The van der Waals surface area contributed by atoms with E-state index in [4.69, 9.17) is 0 Å². The second-order valence-corrected chi connectivity index (χ2v) is 6.51. The Balaban J connectivity index is 2.51. The van der Waals surface area contributed by atoms with E-state index in [1.807, 2.05) is 12.2 Å². The second-order valence-electron chi connectivity index (χ2n) is 6.51. The number of hydrogen-bond acceptors (Lipinski definition) is 0. The topological polar surface area (TPSA) is 0 Å². The zero-order valence-electron chi connectivity index (χ0n) is 15.7. The van der Waals surface area contributed by atoms with Gasteiger partial charge in [-0.3, -0.25) is 0 Å². The molecule has 1 aromatic rings. The molecule has 25 heavy (non-hydrogen) atoms. The fraction of sp³-hybridized carbons (Fsp3) is 0.200. The summed E-state index contributed by atoms with van der Waals surface area (Å²) in [6.45, 7) is 16.9. The number of hydrogen-bond donors (Lipinski definition) is 0. The molecular formula is C25H26. The first kappa shape index (κ1) is 17.2. The monoisotopic (exact) mass is 326 g/mol. The largest absolute Gasteiger partial charge is 0.0991 e. The van der Waals surface area contributed by atoms with Gasteiger partial charge in [0.15, 0.2) is 0 Å². The van der Waals surface area contributed by atoms with Gasteiger partial charge < -0.3 is 0 Å². The van der Waals surface area contributed by atoms with E-state index in [0.717, 1.165) is 5.57 Å². The van der Waals surface area contributed by atoms with Crippen molar-refractivity contribution in [1.82, 2.24) is 0 Å². The molecule has 0 aliphatic heterocycles. The van der Waals surface area contributed by atoms with Gasteiger partial charge in [-0.05, 0) is 72.3 Å². The molecule has 1 unspecified atom stereocenters. The summed E-state index contributed by atoms with van der Waals surface area (Å²) in [5, 5.41) is 0. The fourth-order valence-corrected chi connectivity index (χ4v) is 4.62. The van der Waals surface area contributed by atoms with Crippen molar-refractivity contribution >= 4 is 5.57 Å². The van der Waals surface area contributed by atoms with Crippen molar-refractivity contribution in [2.45, 2.75) is 33.1 Å². The average Bonchev–Trinajstić information content (AvgIpc) is 3.03. The van der Waals surface area contributed by atoms with E-state index >= 15 is 0 Å². The SMILES string of the molecule is C=C/C=C\C1=C(C)C(=C)/C(=C\C)C12C(=C/C)/C(=C\C)c1ccccc12. The van der Waals surface area contributed by atoms with Crippen molar-refractivity contribution < 1.29 is 0 Å². The quantitative estimate of drug-likeness (QED) is 0.521. The first-order valence-electron chi connectivity index (χ1n) is 8.89. The third-order valence-corrected chi connectivity index (χ3v) is 5.57. The molecule has 126 valence electrons. The lowest BCUT2D eigenvalue weighted by atomic mass is 9.69. The van der Waals surface area contributed by atoms with Crippen LogP contribution in [0.2, 0.25) is 0 Å². The van der Waals surface area contributed by atoms with Crippen molar-refractivity contribution in [1.29, 1.82) is 0 Å². The molecule has 2 aliphatic rings. The minimum Gasteiger partial charge on any atom is -0.0991 e. The molecule has 1 aromatic carbocycles. The fourth-order valence-electron chi connectivity index (χ4n) is 4.62. The Kier molecular flexibility index (Phi) is 4.39. The predicted octanol–water partition coefficient (Wildman–Crippen LogP) is 6.86. The van der Waals surface area contributed by atoms with E-state index in [0.29, 0.717) is 0 Å². The van der Waals surface area contributed by atoms with Gasteiger partial charge in [-0.2, -0.15) is 0 Å². The lowest BCUT2D eigenvalue weighted by molar-refractivity contribution is 0.779. The summed E-state index contributed by atoms with van der Waals surface area (Å²) in [6, 6.07) is 8.78. The van der Waals surface area contributed by atoms with E-state index in [-0.39, 0.29) is 5.41 Å². The zero-order valence-corrected chi connectivity index (χ0v) is 15.7. The van der Waals surface area contributed by atoms with E-state index in [1.54, 1.807) is 0 Å². The molecule has 0 bridgehead atoms. The van der Waals surface area contributed by atoms with Crippen molar-refractivity contribution in [3.05, 3.63) is 113 Å². The van der Waals surface area contributed by atoms with Crippen LogP contribution in [0.25, 0.3) is 5.57 Å². The van der Waals surface area contributed by atoms with Crippen LogP contribution in [-0.2, 0) is 5.41 Å². The maximum Gasteiger partial charge on any atom is 0.0715 e. The highest BCUT2D eigenvalue weighted by atomic mass is 14.5. The predicted molar refractivity (Wildman–Crippen MR) is 110 cm³/mol. The molecular weight excluding hydrogens is 300 g/mol. The van der Waals surface area contributed by atoms with Crippen LogP contribution in [0, 0.1) is 0 Å². The van der Waals surface area contributed by atoms with Crippen LogP contribution in [-0.4, -0.2) is 0 Å². The maximum absolute atomic E-state index is 4.42. The van der Waals surface area contributed by atoms with E-state index in [1.165, 1.54) is 39.0 Å². The second kappa shape index (κ2) is 6.37. The summed E-state index contributed by atoms with van der Waals surface area (Å²) in [5.74, 6) is 0. The molecule has 3 rings (SSSR count). The van der Waals surface area contributed by atoms with Gasteiger partial charge in [0, 0.05) is 0 Å². The molecule has 0 saturated carbocycles. The smallest absolute Gasteiger partial charge is 0.0715 e. The molecule has 0 heterocycles. The minimum absolute atomic E-state index is 0.261. The van der Waals surface area contributed by atoms with Gasteiger partial charge in [0.1, 0.15) is 0 Å². The van der Waals surface area contributed by atoms with Gasteiger partial charge in [0.05, 0.1) is 5.41 Å². The van der Waals surface area contributed by atoms with E-state index in [2.05, 4.69) is 89.4 Å². The summed E-state index contributed by atoms with van der Waals surface area (Å²) in [4.78, 5) is 0. The van der Waals surface area contributed by atoms with Gasteiger partial charge >= 0.3 is 0 Å². The molecule has 0 nitrogen and oxygen atoms in total. The standard InChI is InChI=1S/C25H26/c1-7-11-15-23-18(6)17(5)21(9-3)25(23)22(10-4)19(8-2)20-14-12-13-16-24(20)25/h7-16H,1,5H2,2-4,6H3/b15-11-,19-8-,21-9+,22-10+. The van der Waals surface area contributed by atoms with Crippen molar-refractivity contribution in [3.63, 3.8) is 0 Å². The van der Waals surface area contributed by atoms with E-state index < -0.39 is 0 Å². The van der Waals surface area contributed by atoms with Crippen molar-refractivity contribution in [3.8, 4) is 0 Å². The van der Waals surface area contributed by atoms with Gasteiger partial charge in [-0.25, -0.2) is 0 Å². The Labute approximate surface area is 152 Å². The lowest BCUT2D eigenvalue weighted by Crippen LogP contribution is -2.27. The van der Waals surface area contributed by atoms with Crippen LogP contribution >= 0.6 is 0 Å². The van der Waals surface area contributed by atoms with Crippen LogP contribution in [0.3, 0.4) is 0 Å². The van der Waals surface area contributed by atoms with Crippen LogP contribution in [0.15, 0.2) is 102 Å². The average molecular weight is 326 g/mol. The Morgan fingerprint density at radius 1 is 0.960 bits per heavy atom. The summed E-state index contributed by atoms with van der Waals surface area (Å²) in [7, 11) is 0. The summed E-state index contributed by atoms with van der Waals surface area (Å²) in [5.41, 5.74) is 10.1. The van der Waals surface area contributed by atoms with Gasteiger partial charge in [-0.15, -0.1) is 0 Å². The van der Waals surface area contributed by atoms with Crippen LogP contribution in [0.4, 0.5) is 0 Å². The zero-order chi connectivity index (χ0) is 18.2. The Hall–Kier alpha value is -2.60. The highest BCUT2D eigenvalue weighted by molar-refractivity contribution is 5.97. The van der Waals surface area contributed by atoms with E-state index in [9.17, 15) is 0 Å². The highest BCUT2D eigenvalue weighted by Gasteiger charge is 2.53. The number of allylic oxidation sites excluding steroid dienone is 12. The molecule has 0 N–H and O–H groups in total. The van der Waals surface area contributed by atoms with Crippen LogP contribution in [0.1, 0.15) is 38.8 Å². The minimum atomic E-state index is -0.261. The molecule has 0 fully saturated rings. The number of rotatable bonds is 2.